The highest BCUT2D eigenvalue weighted by atomic mass is 32.2. The molecule has 2 aromatic carbocycles. The molecule has 0 atom stereocenters. The Morgan fingerprint density at radius 3 is 2.10 bits per heavy atom. The molecule has 0 spiro atoms. The largest absolute Gasteiger partial charge is 0.435 e. The van der Waals surface area contributed by atoms with Gasteiger partial charge in [-0.25, -0.2) is 23.2 Å². The third-order valence-electron chi connectivity index (χ3n) is 4.38. The SMILES string of the molecule is NS(=O)(=O)c1ccc(-n2nc(C(F)(F)F)cc2-c2ccc(-n3ccnc3)cc2)cc1. The van der Waals surface area contributed by atoms with Gasteiger partial charge in [-0.3, -0.25) is 0 Å². The number of imidazole rings is 1. The number of benzene rings is 2. The van der Waals surface area contributed by atoms with Crippen LogP contribution in [0, 0.1) is 0 Å². The van der Waals surface area contributed by atoms with Crippen molar-refractivity contribution in [2.45, 2.75) is 11.1 Å². The lowest BCUT2D eigenvalue weighted by Crippen LogP contribution is -2.12. The molecule has 0 fully saturated rings. The quantitative estimate of drug-likeness (QED) is 0.534. The molecule has 0 unspecified atom stereocenters. The van der Waals surface area contributed by atoms with E-state index in [0.717, 1.165) is 16.4 Å². The smallest absolute Gasteiger partial charge is 0.306 e. The van der Waals surface area contributed by atoms with Crippen LogP contribution in [0.15, 0.2) is 78.2 Å². The van der Waals surface area contributed by atoms with E-state index in [2.05, 4.69) is 10.1 Å². The van der Waals surface area contributed by atoms with Crippen LogP contribution in [0.3, 0.4) is 0 Å². The summed E-state index contributed by atoms with van der Waals surface area (Å²) in [7, 11) is -3.93. The van der Waals surface area contributed by atoms with Crippen molar-refractivity contribution in [1.82, 2.24) is 19.3 Å². The number of sulfonamides is 1. The molecular formula is C19H14F3N5O2S. The second-order valence-electron chi connectivity index (χ2n) is 6.38. The first kappa shape index (κ1) is 19.9. The van der Waals surface area contributed by atoms with Crippen LogP contribution >= 0.6 is 0 Å². The van der Waals surface area contributed by atoms with E-state index in [0.29, 0.717) is 5.56 Å². The molecule has 4 aromatic rings. The van der Waals surface area contributed by atoms with Crippen molar-refractivity contribution in [3.63, 3.8) is 0 Å². The summed E-state index contributed by atoms with van der Waals surface area (Å²) in [6, 6.07) is 12.9. The maximum atomic E-state index is 13.3. The number of alkyl halides is 3. The van der Waals surface area contributed by atoms with E-state index in [1.165, 1.54) is 24.3 Å². The number of rotatable bonds is 4. The van der Waals surface area contributed by atoms with Gasteiger partial charge in [-0.15, -0.1) is 0 Å². The predicted molar refractivity (Wildman–Crippen MR) is 102 cm³/mol. The average molecular weight is 433 g/mol. The van der Waals surface area contributed by atoms with E-state index < -0.39 is 21.9 Å². The summed E-state index contributed by atoms with van der Waals surface area (Å²) < 4.78 is 65.6. The Kier molecular flexibility index (Phi) is 4.71. The van der Waals surface area contributed by atoms with Crippen LogP contribution in [0.25, 0.3) is 22.6 Å². The van der Waals surface area contributed by atoms with Gasteiger partial charge in [0.2, 0.25) is 10.0 Å². The molecule has 4 rings (SSSR count). The van der Waals surface area contributed by atoms with Gasteiger partial charge in [-0.05, 0) is 42.5 Å². The molecule has 2 N–H and O–H groups in total. The fraction of sp³-hybridized carbons (Fsp3) is 0.0526. The lowest BCUT2D eigenvalue weighted by molar-refractivity contribution is -0.141. The topological polar surface area (TPSA) is 95.8 Å². The number of primary sulfonamides is 1. The molecule has 0 saturated carbocycles. The first-order chi connectivity index (χ1) is 14.1. The zero-order valence-corrected chi connectivity index (χ0v) is 16.0. The molecule has 7 nitrogen and oxygen atoms in total. The van der Waals surface area contributed by atoms with Gasteiger partial charge in [-0.1, -0.05) is 12.1 Å². The van der Waals surface area contributed by atoms with E-state index in [1.807, 2.05) is 0 Å². The van der Waals surface area contributed by atoms with Gasteiger partial charge in [0.05, 0.1) is 22.6 Å². The van der Waals surface area contributed by atoms with E-state index in [-0.39, 0.29) is 16.3 Å². The van der Waals surface area contributed by atoms with Crippen molar-refractivity contribution < 1.29 is 21.6 Å². The molecule has 0 aliphatic heterocycles. The summed E-state index contributed by atoms with van der Waals surface area (Å²) in [5.41, 5.74) is 0.675. The summed E-state index contributed by atoms with van der Waals surface area (Å²) in [6.07, 6.45) is 0.323. The first-order valence-corrected chi connectivity index (χ1v) is 10.1. The zero-order chi connectivity index (χ0) is 21.5. The van der Waals surface area contributed by atoms with Crippen LogP contribution < -0.4 is 5.14 Å². The molecule has 2 heterocycles. The number of halogens is 3. The minimum absolute atomic E-state index is 0.152. The molecule has 11 heteroatoms. The molecule has 0 bridgehead atoms. The fourth-order valence-corrected chi connectivity index (χ4v) is 3.43. The van der Waals surface area contributed by atoms with E-state index in [1.54, 1.807) is 47.6 Å². The second kappa shape index (κ2) is 7.11. The Morgan fingerprint density at radius 1 is 0.933 bits per heavy atom. The lowest BCUT2D eigenvalue weighted by atomic mass is 10.1. The van der Waals surface area contributed by atoms with Gasteiger partial charge >= 0.3 is 6.18 Å². The van der Waals surface area contributed by atoms with Crippen LogP contribution in [0.1, 0.15) is 5.69 Å². The molecule has 0 aliphatic carbocycles. The van der Waals surface area contributed by atoms with Crippen molar-refractivity contribution in [2.75, 3.05) is 0 Å². The number of hydrogen-bond acceptors (Lipinski definition) is 4. The number of nitrogens with two attached hydrogens (primary N) is 1. The number of nitrogens with zero attached hydrogens (tertiary/aromatic N) is 4. The van der Waals surface area contributed by atoms with Crippen molar-refractivity contribution in [3.05, 3.63) is 79.0 Å². The summed E-state index contributed by atoms with van der Waals surface area (Å²) in [6.45, 7) is 0. The standard InChI is InChI=1S/C19H14F3N5O2S/c20-19(21,22)18-11-17(13-1-3-14(4-2-13)26-10-9-24-12-26)27(25-18)15-5-7-16(8-6-15)30(23,28)29/h1-12H,(H2,23,28,29). The molecule has 154 valence electrons. The van der Waals surface area contributed by atoms with Crippen LogP contribution in [0.2, 0.25) is 0 Å². The summed E-state index contributed by atoms with van der Waals surface area (Å²) in [5.74, 6) is 0. The van der Waals surface area contributed by atoms with Crippen molar-refractivity contribution in [3.8, 4) is 22.6 Å². The summed E-state index contributed by atoms with van der Waals surface area (Å²) in [5, 5.41) is 8.76. The van der Waals surface area contributed by atoms with Crippen molar-refractivity contribution >= 4 is 10.0 Å². The van der Waals surface area contributed by atoms with Gasteiger partial charge < -0.3 is 4.57 Å². The van der Waals surface area contributed by atoms with E-state index >= 15 is 0 Å². The summed E-state index contributed by atoms with van der Waals surface area (Å²) in [4.78, 5) is 3.81. The van der Waals surface area contributed by atoms with Crippen LogP contribution in [0.5, 0.6) is 0 Å². The van der Waals surface area contributed by atoms with Gasteiger partial charge in [0.15, 0.2) is 5.69 Å². The van der Waals surface area contributed by atoms with Crippen LogP contribution in [0.4, 0.5) is 13.2 Å². The Balaban J connectivity index is 1.80. The number of aromatic nitrogens is 4. The van der Waals surface area contributed by atoms with E-state index in [9.17, 15) is 21.6 Å². The van der Waals surface area contributed by atoms with Gasteiger partial charge in [-0.2, -0.15) is 18.3 Å². The monoisotopic (exact) mass is 433 g/mol. The Labute approximate surface area is 169 Å². The molecule has 0 radical (unpaired) electrons. The summed E-state index contributed by atoms with van der Waals surface area (Å²) >= 11 is 0. The van der Waals surface area contributed by atoms with Crippen LogP contribution in [-0.4, -0.2) is 27.7 Å². The van der Waals surface area contributed by atoms with Gasteiger partial charge in [0.1, 0.15) is 0 Å². The molecule has 30 heavy (non-hydrogen) atoms. The molecule has 2 aromatic heterocycles. The third-order valence-corrected chi connectivity index (χ3v) is 5.30. The highest BCUT2D eigenvalue weighted by molar-refractivity contribution is 7.89. The molecule has 0 saturated heterocycles. The minimum Gasteiger partial charge on any atom is -0.306 e. The fourth-order valence-electron chi connectivity index (χ4n) is 2.92. The maximum absolute atomic E-state index is 13.3. The number of hydrogen-bond donors (Lipinski definition) is 1. The highest BCUT2D eigenvalue weighted by Crippen LogP contribution is 2.33. The highest BCUT2D eigenvalue weighted by Gasteiger charge is 2.35. The second-order valence-corrected chi connectivity index (χ2v) is 7.94. The Morgan fingerprint density at radius 2 is 1.57 bits per heavy atom. The first-order valence-electron chi connectivity index (χ1n) is 8.52. The molecule has 0 amide bonds. The lowest BCUT2D eigenvalue weighted by Gasteiger charge is -2.09. The van der Waals surface area contributed by atoms with Crippen molar-refractivity contribution in [1.29, 1.82) is 0 Å². The average Bonchev–Trinajstić information content (AvgIpc) is 3.37. The Bertz CT molecular complexity index is 1280. The normalized spacial score (nSPS) is 12.3. The minimum atomic E-state index is -4.64. The van der Waals surface area contributed by atoms with Crippen molar-refractivity contribution in [2.24, 2.45) is 5.14 Å². The Hall–Kier alpha value is -3.44. The molecular weight excluding hydrogens is 419 g/mol. The predicted octanol–water partition coefficient (Wildman–Crippen LogP) is 3.39. The van der Waals surface area contributed by atoms with E-state index in [4.69, 9.17) is 5.14 Å². The maximum Gasteiger partial charge on any atom is 0.435 e. The van der Waals surface area contributed by atoms with Gasteiger partial charge in [0, 0.05) is 23.6 Å². The molecule has 0 aliphatic rings. The zero-order valence-electron chi connectivity index (χ0n) is 15.2. The van der Waals surface area contributed by atoms with Gasteiger partial charge in [0.25, 0.3) is 0 Å². The van der Waals surface area contributed by atoms with Crippen LogP contribution in [-0.2, 0) is 16.2 Å². The third kappa shape index (κ3) is 3.84.